The maximum atomic E-state index is 13.2. The summed E-state index contributed by atoms with van der Waals surface area (Å²) in [5.74, 6) is 2.50. The van der Waals surface area contributed by atoms with Crippen molar-refractivity contribution in [1.82, 2.24) is 20.1 Å². The van der Waals surface area contributed by atoms with Crippen LogP contribution in [0.1, 0.15) is 107 Å². The van der Waals surface area contributed by atoms with Gasteiger partial charge in [-0.25, -0.2) is 0 Å². The van der Waals surface area contributed by atoms with E-state index in [2.05, 4.69) is 74.8 Å². The molecule has 0 radical (unpaired) electrons. The number of aromatic nitrogens is 1. The Morgan fingerprint density at radius 3 is 2.23 bits per heavy atom. The number of rotatable bonds is 20. The smallest absolute Gasteiger partial charge is 0.496 e. The number of aryl methyl sites for hydroxylation is 1. The van der Waals surface area contributed by atoms with Crippen molar-refractivity contribution in [1.29, 1.82) is 0 Å². The molecule has 8 nitrogen and oxygen atoms in total. The number of halogens is 3. The molecule has 338 valence electrons. The molecule has 5 rings (SSSR count). The van der Waals surface area contributed by atoms with Gasteiger partial charge in [-0.1, -0.05) is 58.1 Å². The van der Waals surface area contributed by atoms with E-state index in [0.29, 0.717) is 18.2 Å². The molecule has 1 saturated carbocycles. The second-order valence-corrected chi connectivity index (χ2v) is 15.6. The van der Waals surface area contributed by atoms with Crippen LogP contribution >= 0.6 is 0 Å². The molecule has 2 aromatic carbocycles. The largest absolute Gasteiger partial charge is 0.573 e. The second-order valence-electron chi connectivity index (χ2n) is 15.6. The van der Waals surface area contributed by atoms with Crippen molar-refractivity contribution in [2.75, 3.05) is 48.0 Å². The monoisotopic (exact) mass is 859 g/mol. The quantitative estimate of drug-likeness (QED) is 0.0890. The zero-order chi connectivity index (χ0) is 45.4. The van der Waals surface area contributed by atoms with Crippen LogP contribution in [0.3, 0.4) is 0 Å². The summed E-state index contributed by atoms with van der Waals surface area (Å²) >= 11 is 0. The van der Waals surface area contributed by atoms with Crippen LogP contribution in [0, 0.1) is 0 Å². The maximum absolute atomic E-state index is 13.2. The van der Waals surface area contributed by atoms with Crippen LogP contribution in [0.5, 0.6) is 17.2 Å². The third kappa shape index (κ3) is 13.5. The van der Waals surface area contributed by atoms with E-state index in [-0.39, 0.29) is 17.8 Å². The van der Waals surface area contributed by atoms with Crippen molar-refractivity contribution in [3.63, 3.8) is 0 Å². The van der Waals surface area contributed by atoms with E-state index >= 15 is 0 Å². The Labute approximate surface area is 369 Å². The predicted molar refractivity (Wildman–Crippen MR) is 248 cm³/mol. The molecule has 1 aliphatic carbocycles. The van der Waals surface area contributed by atoms with E-state index in [0.717, 1.165) is 114 Å². The minimum Gasteiger partial charge on any atom is -0.496 e. The summed E-state index contributed by atoms with van der Waals surface area (Å²) in [5.41, 5.74) is 9.64. The van der Waals surface area contributed by atoms with Crippen molar-refractivity contribution in [2.24, 2.45) is 0 Å². The summed E-state index contributed by atoms with van der Waals surface area (Å²) in [6.07, 6.45) is 15.7. The number of nitrogens with one attached hydrogen (secondary N) is 1. The summed E-state index contributed by atoms with van der Waals surface area (Å²) in [6, 6.07) is 10.7. The van der Waals surface area contributed by atoms with Gasteiger partial charge in [0.05, 0.1) is 21.3 Å². The van der Waals surface area contributed by atoms with Gasteiger partial charge in [0.25, 0.3) is 0 Å². The molecule has 2 fully saturated rings. The lowest BCUT2D eigenvalue weighted by Crippen LogP contribution is -2.48. The zero-order valence-corrected chi connectivity index (χ0v) is 38.6. The van der Waals surface area contributed by atoms with Crippen molar-refractivity contribution in [3.05, 3.63) is 119 Å². The molecule has 1 aromatic heterocycles. The number of likely N-dealkylation sites (tertiary alicyclic amines) is 1. The average molecular weight is 859 g/mol. The highest BCUT2D eigenvalue weighted by atomic mass is 19.4. The lowest BCUT2D eigenvalue weighted by Gasteiger charge is -2.41. The fraction of sp³-hybridized carbons (Fsp3) is 0.471. The third-order valence-electron chi connectivity index (χ3n) is 11.5. The Kier molecular flexibility index (Phi) is 19.2. The van der Waals surface area contributed by atoms with Gasteiger partial charge in [-0.2, -0.15) is 0 Å². The summed E-state index contributed by atoms with van der Waals surface area (Å²) < 4.78 is 61.1. The Bertz CT molecular complexity index is 2040. The van der Waals surface area contributed by atoms with Crippen molar-refractivity contribution >= 4 is 11.8 Å². The van der Waals surface area contributed by atoms with Gasteiger partial charge < -0.3 is 24.3 Å². The number of nitrogens with zero attached hydrogens (tertiary/aromatic N) is 3. The molecule has 0 amide bonds. The first-order chi connectivity index (χ1) is 29.9. The van der Waals surface area contributed by atoms with Gasteiger partial charge in [-0.05, 0) is 137 Å². The lowest BCUT2D eigenvalue weighted by atomic mass is 9.95. The SMILES string of the molecule is C=Cc1c(CCC)cc(-c2cncc(CN3CCC(N(CC(/C=C(\NC)c4cc(OC)c(OC)c(C5CC5)c4)=C/C)C(C)/C=C\C(=C/C)OC(F)(F)F)CC3)c2)cc1OC.CC. The zero-order valence-electron chi connectivity index (χ0n) is 38.6. The Morgan fingerprint density at radius 1 is 0.952 bits per heavy atom. The van der Waals surface area contributed by atoms with Gasteiger partial charge in [0.2, 0.25) is 0 Å². The molecular formula is C51H69F3N4O4. The van der Waals surface area contributed by atoms with E-state index < -0.39 is 6.36 Å². The molecular weight excluding hydrogens is 790 g/mol. The normalized spacial score (nSPS) is 16.2. The Hall–Kier alpha value is -5.00. The van der Waals surface area contributed by atoms with Gasteiger partial charge in [0, 0.05) is 72.6 Å². The number of hydrogen-bond acceptors (Lipinski definition) is 8. The summed E-state index contributed by atoms with van der Waals surface area (Å²) in [4.78, 5) is 9.50. The minimum atomic E-state index is -4.77. The molecule has 1 unspecified atom stereocenters. The molecule has 1 atom stereocenters. The topological polar surface area (TPSA) is 68.3 Å². The number of piperidine rings is 1. The van der Waals surface area contributed by atoms with Gasteiger partial charge in [-0.15, -0.1) is 13.2 Å². The maximum Gasteiger partial charge on any atom is 0.573 e. The molecule has 2 heterocycles. The van der Waals surface area contributed by atoms with E-state index in [4.69, 9.17) is 14.2 Å². The summed E-state index contributed by atoms with van der Waals surface area (Å²) in [6.45, 7) is 18.9. The highest BCUT2D eigenvalue weighted by molar-refractivity contribution is 5.73. The van der Waals surface area contributed by atoms with Crippen molar-refractivity contribution < 1.29 is 32.1 Å². The number of benzene rings is 2. The number of alkyl halides is 3. The molecule has 2 aliphatic rings. The molecule has 62 heavy (non-hydrogen) atoms. The van der Waals surface area contributed by atoms with Gasteiger partial charge in [0.15, 0.2) is 11.5 Å². The van der Waals surface area contributed by atoms with E-state index in [1.165, 1.54) is 17.7 Å². The Morgan fingerprint density at radius 2 is 1.66 bits per heavy atom. The molecule has 1 aliphatic heterocycles. The first-order valence-corrected chi connectivity index (χ1v) is 22.1. The fourth-order valence-electron chi connectivity index (χ4n) is 8.16. The number of pyridine rings is 1. The third-order valence-corrected chi connectivity index (χ3v) is 11.5. The van der Waals surface area contributed by atoms with Crippen molar-refractivity contribution in [2.45, 2.75) is 111 Å². The van der Waals surface area contributed by atoms with Crippen LogP contribution in [-0.4, -0.2) is 81.2 Å². The number of ether oxygens (including phenoxy) is 4. The van der Waals surface area contributed by atoms with Crippen LogP contribution in [0.25, 0.3) is 22.9 Å². The minimum absolute atomic E-state index is 0.180. The van der Waals surface area contributed by atoms with Crippen LogP contribution < -0.4 is 19.5 Å². The highest BCUT2D eigenvalue weighted by Gasteiger charge is 2.32. The van der Waals surface area contributed by atoms with Crippen LogP contribution in [0.2, 0.25) is 0 Å². The van der Waals surface area contributed by atoms with Gasteiger partial charge in [-0.3, -0.25) is 14.8 Å². The van der Waals surface area contributed by atoms with Crippen LogP contribution in [-0.2, 0) is 17.7 Å². The van der Waals surface area contributed by atoms with Gasteiger partial charge >= 0.3 is 6.36 Å². The number of allylic oxidation sites excluding steroid dienone is 3. The Balaban J connectivity index is 0.00000416. The molecule has 0 spiro atoms. The molecule has 1 saturated heterocycles. The van der Waals surface area contributed by atoms with Crippen LogP contribution in [0.15, 0.2) is 91.0 Å². The standard InChI is InChI=1S/C49H63F3N4O4.C2H6/c1-10-14-37-25-38(27-46(57-7)43(37)13-4)40-23-35(29-54-30-40)31-55-21-19-41(20-22-55)56(33(5)15-18-42(12-3)60-49(50,51)52)32-34(11-2)24-45(53-6)39-26-44(36-16-17-36)48(59-9)47(28-39)58-8;1-2/h11-13,15,18,23-30,33,36,41,53H,4,10,14,16-17,19-22,31-32H2,1-3,5-9H3;1-2H3/b18-15-,34-11+,42-12+,45-24-;. The fourth-order valence-corrected chi connectivity index (χ4v) is 8.16. The van der Waals surface area contributed by atoms with Gasteiger partial charge in [0.1, 0.15) is 11.5 Å². The average Bonchev–Trinajstić information content (AvgIpc) is 4.14. The molecule has 11 heteroatoms. The molecule has 3 aromatic rings. The second kappa shape index (κ2) is 24.0. The molecule has 1 N–H and O–H groups in total. The van der Waals surface area contributed by atoms with E-state index in [1.54, 1.807) is 34.3 Å². The van der Waals surface area contributed by atoms with E-state index in [1.807, 2.05) is 59.3 Å². The summed E-state index contributed by atoms with van der Waals surface area (Å²) in [5, 5.41) is 3.41. The molecule has 0 bridgehead atoms. The van der Waals surface area contributed by atoms with Crippen molar-refractivity contribution in [3.8, 4) is 28.4 Å². The van der Waals surface area contributed by atoms with E-state index in [9.17, 15) is 13.2 Å². The van der Waals surface area contributed by atoms with Crippen LogP contribution in [0.4, 0.5) is 13.2 Å². The lowest BCUT2D eigenvalue weighted by molar-refractivity contribution is -0.303. The highest BCUT2D eigenvalue weighted by Crippen LogP contribution is 2.48. The first-order valence-electron chi connectivity index (χ1n) is 22.1. The predicted octanol–water partition coefficient (Wildman–Crippen LogP) is 12.1. The number of hydrogen-bond donors (Lipinski definition) is 1. The summed E-state index contributed by atoms with van der Waals surface area (Å²) in [7, 11) is 6.95. The first kappa shape index (κ1) is 49.7. The number of methoxy groups -OCH3 is 3.